The Kier molecular flexibility index (Phi) is 2.21. The van der Waals surface area contributed by atoms with Crippen LogP contribution in [-0.2, 0) is 7.05 Å². The lowest BCUT2D eigenvalue weighted by Crippen LogP contribution is -1.91. The van der Waals surface area contributed by atoms with E-state index < -0.39 is 0 Å². The summed E-state index contributed by atoms with van der Waals surface area (Å²) in [5.41, 5.74) is 1.51. The number of aromatic nitrogens is 3. The van der Waals surface area contributed by atoms with Gasteiger partial charge in [0.1, 0.15) is 5.52 Å². The summed E-state index contributed by atoms with van der Waals surface area (Å²) in [6.45, 7) is 0. The molecule has 2 aromatic heterocycles. The number of halogens is 3. The molecule has 0 bridgehead atoms. The third-order valence-corrected chi connectivity index (χ3v) is 2.95. The van der Waals surface area contributed by atoms with E-state index in [0.29, 0.717) is 5.15 Å². The third-order valence-electron chi connectivity index (χ3n) is 1.75. The zero-order chi connectivity index (χ0) is 9.59. The smallest absolute Gasteiger partial charge is 0.224 e. The summed E-state index contributed by atoms with van der Waals surface area (Å²) < 4.78 is 2.74. The van der Waals surface area contributed by atoms with Crippen molar-refractivity contribution in [2.75, 3.05) is 0 Å². The number of hydrogen-bond donors (Lipinski definition) is 0. The molecule has 6 heteroatoms. The lowest BCUT2D eigenvalue weighted by atomic mass is 10.5. The van der Waals surface area contributed by atoms with Crippen LogP contribution >= 0.6 is 39.1 Å². The maximum atomic E-state index is 5.90. The summed E-state index contributed by atoms with van der Waals surface area (Å²) >= 11 is 14.9. The van der Waals surface area contributed by atoms with Crippen molar-refractivity contribution < 1.29 is 0 Å². The average molecular weight is 281 g/mol. The second-order valence-corrected chi connectivity index (χ2v) is 4.05. The minimum absolute atomic E-state index is 0.163. The first-order valence-electron chi connectivity index (χ1n) is 3.43. The zero-order valence-corrected chi connectivity index (χ0v) is 9.65. The SMILES string of the molecule is Cn1c(Br)cc2nc(Cl)nc(Cl)c21. The predicted molar refractivity (Wildman–Crippen MR) is 56.2 cm³/mol. The highest BCUT2D eigenvalue weighted by molar-refractivity contribution is 9.10. The minimum Gasteiger partial charge on any atom is -0.335 e. The molecule has 13 heavy (non-hydrogen) atoms. The maximum absolute atomic E-state index is 5.90. The molecule has 0 fully saturated rings. The first-order valence-corrected chi connectivity index (χ1v) is 4.98. The molecule has 0 aliphatic heterocycles. The molecule has 0 aliphatic rings. The normalized spacial score (nSPS) is 11.1. The molecule has 2 heterocycles. The Bertz CT molecular complexity index is 480. The molecule has 0 spiro atoms. The van der Waals surface area contributed by atoms with Crippen molar-refractivity contribution in [1.82, 2.24) is 14.5 Å². The van der Waals surface area contributed by atoms with E-state index in [9.17, 15) is 0 Å². The fraction of sp³-hybridized carbons (Fsp3) is 0.143. The molecule has 0 N–H and O–H groups in total. The molecule has 0 radical (unpaired) electrons. The molecule has 2 aromatic rings. The van der Waals surface area contributed by atoms with Crippen molar-refractivity contribution in [3.8, 4) is 0 Å². The third kappa shape index (κ3) is 1.43. The number of hydrogen-bond acceptors (Lipinski definition) is 2. The van der Waals surface area contributed by atoms with Gasteiger partial charge in [0.15, 0.2) is 5.15 Å². The number of fused-ring (bicyclic) bond motifs is 1. The highest BCUT2D eigenvalue weighted by Gasteiger charge is 2.10. The molecular formula is C7H4BrCl2N3. The number of aryl methyl sites for hydroxylation is 1. The Labute approximate surface area is 92.8 Å². The summed E-state index contributed by atoms with van der Waals surface area (Å²) in [6, 6.07) is 1.84. The van der Waals surface area contributed by atoms with Crippen molar-refractivity contribution in [1.29, 1.82) is 0 Å². The quantitative estimate of drug-likeness (QED) is 0.549. The largest absolute Gasteiger partial charge is 0.335 e. The molecule has 0 amide bonds. The molecular weight excluding hydrogens is 277 g/mol. The van der Waals surface area contributed by atoms with Crippen molar-refractivity contribution in [2.24, 2.45) is 7.05 Å². The summed E-state index contributed by atoms with van der Waals surface area (Å²) in [6.07, 6.45) is 0. The van der Waals surface area contributed by atoms with Crippen molar-refractivity contribution in [3.05, 3.63) is 21.1 Å². The van der Waals surface area contributed by atoms with E-state index >= 15 is 0 Å². The lowest BCUT2D eigenvalue weighted by molar-refractivity contribution is 0.936. The summed E-state index contributed by atoms with van der Waals surface area (Å²) in [5, 5.41) is 0.527. The van der Waals surface area contributed by atoms with Gasteiger partial charge in [0.25, 0.3) is 0 Å². The van der Waals surface area contributed by atoms with Gasteiger partial charge >= 0.3 is 0 Å². The van der Waals surface area contributed by atoms with Crippen molar-refractivity contribution in [2.45, 2.75) is 0 Å². The summed E-state index contributed by atoms with van der Waals surface area (Å²) in [5.74, 6) is 0. The van der Waals surface area contributed by atoms with Crippen molar-refractivity contribution in [3.63, 3.8) is 0 Å². The lowest BCUT2D eigenvalue weighted by Gasteiger charge is -1.98. The fourth-order valence-corrected chi connectivity index (χ4v) is 2.06. The van der Waals surface area contributed by atoms with Crippen LogP contribution in [0, 0.1) is 0 Å². The van der Waals surface area contributed by atoms with Gasteiger partial charge in [-0.15, -0.1) is 0 Å². The van der Waals surface area contributed by atoms with Crippen LogP contribution in [-0.4, -0.2) is 14.5 Å². The Morgan fingerprint density at radius 2 is 2.08 bits per heavy atom. The number of nitrogens with zero attached hydrogens (tertiary/aromatic N) is 3. The fourth-order valence-electron chi connectivity index (χ4n) is 1.14. The Morgan fingerprint density at radius 3 is 2.77 bits per heavy atom. The van der Waals surface area contributed by atoms with E-state index in [1.54, 1.807) is 0 Å². The van der Waals surface area contributed by atoms with Crippen LogP contribution in [0.1, 0.15) is 0 Å². The minimum atomic E-state index is 0.163. The highest BCUT2D eigenvalue weighted by Crippen LogP contribution is 2.27. The second-order valence-electron chi connectivity index (χ2n) is 2.54. The van der Waals surface area contributed by atoms with Crippen LogP contribution in [0.4, 0.5) is 0 Å². The van der Waals surface area contributed by atoms with Gasteiger partial charge in [-0.1, -0.05) is 11.6 Å². The van der Waals surface area contributed by atoms with Gasteiger partial charge in [-0.25, -0.2) is 9.97 Å². The van der Waals surface area contributed by atoms with Crippen LogP contribution < -0.4 is 0 Å². The molecule has 0 aromatic carbocycles. The molecule has 0 saturated heterocycles. The zero-order valence-electron chi connectivity index (χ0n) is 6.55. The predicted octanol–water partition coefficient (Wildman–Crippen LogP) is 3.04. The molecule has 2 rings (SSSR count). The maximum Gasteiger partial charge on any atom is 0.224 e. The molecule has 3 nitrogen and oxygen atoms in total. The average Bonchev–Trinajstić information content (AvgIpc) is 2.27. The monoisotopic (exact) mass is 279 g/mol. The van der Waals surface area contributed by atoms with E-state index in [0.717, 1.165) is 15.6 Å². The van der Waals surface area contributed by atoms with E-state index in [-0.39, 0.29) is 5.28 Å². The van der Waals surface area contributed by atoms with Gasteiger partial charge in [0.2, 0.25) is 5.28 Å². The topological polar surface area (TPSA) is 30.7 Å². The molecule has 0 saturated carbocycles. The van der Waals surface area contributed by atoms with Gasteiger partial charge in [0, 0.05) is 7.05 Å². The second kappa shape index (κ2) is 3.12. The van der Waals surface area contributed by atoms with Gasteiger partial charge in [-0.2, -0.15) is 0 Å². The van der Waals surface area contributed by atoms with E-state index in [1.807, 2.05) is 17.7 Å². The number of rotatable bonds is 0. The Balaban J connectivity index is 2.94. The van der Waals surface area contributed by atoms with Crippen LogP contribution in [0.25, 0.3) is 11.0 Å². The summed E-state index contributed by atoms with van der Waals surface area (Å²) in [7, 11) is 1.87. The molecule has 0 unspecified atom stereocenters. The van der Waals surface area contributed by atoms with Crippen LogP contribution in [0.15, 0.2) is 10.7 Å². The van der Waals surface area contributed by atoms with E-state index in [1.165, 1.54) is 0 Å². The first-order chi connectivity index (χ1) is 6.09. The van der Waals surface area contributed by atoms with Crippen LogP contribution in [0.5, 0.6) is 0 Å². The van der Waals surface area contributed by atoms with Gasteiger partial charge in [0.05, 0.1) is 10.1 Å². The van der Waals surface area contributed by atoms with E-state index in [2.05, 4.69) is 25.9 Å². The highest BCUT2D eigenvalue weighted by atomic mass is 79.9. The first kappa shape index (κ1) is 9.24. The van der Waals surface area contributed by atoms with Gasteiger partial charge in [-0.3, -0.25) is 0 Å². The molecule has 68 valence electrons. The van der Waals surface area contributed by atoms with Gasteiger partial charge < -0.3 is 4.57 Å². The molecule has 0 atom stereocenters. The summed E-state index contributed by atoms with van der Waals surface area (Å²) in [4.78, 5) is 7.89. The van der Waals surface area contributed by atoms with E-state index in [4.69, 9.17) is 23.2 Å². The van der Waals surface area contributed by atoms with Crippen molar-refractivity contribution >= 4 is 50.2 Å². The molecule has 0 aliphatic carbocycles. The standard InChI is InChI=1S/C7H4BrCl2N3/c1-13-4(8)2-3-5(13)6(9)12-7(10)11-3/h2H,1H3. The van der Waals surface area contributed by atoms with Crippen LogP contribution in [0.2, 0.25) is 10.4 Å². The van der Waals surface area contributed by atoms with Gasteiger partial charge in [-0.05, 0) is 33.6 Å². The Morgan fingerprint density at radius 1 is 1.38 bits per heavy atom. The van der Waals surface area contributed by atoms with Crippen LogP contribution in [0.3, 0.4) is 0 Å². The Hall–Kier alpha value is -0.320.